The van der Waals surface area contributed by atoms with Crippen LogP contribution >= 0.6 is 0 Å². The third-order valence-corrected chi connectivity index (χ3v) is 4.69. The number of aromatic nitrogens is 4. The van der Waals surface area contributed by atoms with Crippen LogP contribution in [0, 0.1) is 0 Å². The van der Waals surface area contributed by atoms with Crippen LogP contribution in [-0.4, -0.2) is 19.9 Å². The summed E-state index contributed by atoms with van der Waals surface area (Å²) in [7, 11) is 0. The van der Waals surface area contributed by atoms with Gasteiger partial charge in [-0.15, -0.1) is 0 Å². The molecule has 0 aliphatic carbocycles. The van der Waals surface area contributed by atoms with Crippen molar-refractivity contribution < 1.29 is 0 Å². The number of benzene rings is 2. The Labute approximate surface area is 162 Å². The maximum absolute atomic E-state index is 4.78. The van der Waals surface area contributed by atoms with Crippen molar-refractivity contribution in [1.29, 1.82) is 0 Å². The van der Waals surface area contributed by atoms with E-state index in [1.165, 1.54) is 0 Å². The van der Waals surface area contributed by atoms with Crippen molar-refractivity contribution in [3.8, 4) is 11.4 Å². The van der Waals surface area contributed by atoms with Gasteiger partial charge in [0.25, 0.3) is 0 Å². The molecule has 1 N–H and O–H groups in total. The molecule has 5 nitrogen and oxygen atoms in total. The van der Waals surface area contributed by atoms with Gasteiger partial charge in [0.15, 0.2) is 5.82 Å². The van der Waals surface area contributed by atoms with Gasteiger partial charge in [-0.25, -0.2) is 9.97 Å². The van der Waals surface area contributed by atoms with Gasteiger partial charge in [0, 0.05) is 41.5 Å². The van der Waals surface area contributed by atoms with Crippen molar-refractivity contribution in [1.82, 2.24) is 19.9 Å². The number of fused-ring (bicyclic) bond motifs is 2. The Kier molecular flexibility index (Phi) is 4.10. The minimum absolute atomic E-state index is 0.627. The van der Waals surface area contributed by atoms with Gasteiger partial charge in [-0.1, -0.05) is 36.4 Å². The van der Waals surface area contributed by atoms with E-state index in [0.29, 0.717) is 12.4 Å². The number of para-hydroxylation sites is 2. The average Bonchev–Trinajstić information content (AvgIpc) is 2.78. The molecule has 5 rings (SSSR count). The monoisotopic (exact) mass is 363 g/mol. The van der Waals surface area contributed by atoms with E-state index >= 15 is 0 Å². The molecule has 0 fully saturated rings. The topological polar surface area (TPSA) is 63.6 Å². The SMILES string of the molecule is c1cncc(-c2nc(NCc3cccc4cccnc34)c3ccccc3n2)c1. The zero-order chi connectivity index (χ0) is 18.8. The standard InChI is InChI=1S/C23H17N5/c1-2-11-20-19(10-1)23(28-22(27-20)18-9-4-12-24-14-18)26-15-17-7-3-6-16-8-5-13-25-21(16)17/h1-14H,15H2,(H,26,27,28). The van der Waals surface area contributed by atoms with Crippen LogP contribution in [0.4, 0.5) is 5.82 Å². The van der Waals surface area contributed by atoms with E-state index in [1.807, 2.05) is 48.7 Å². The maximum atomic E-state index is 4.78. The van der Waals surface area contributed by atoms with Gasteiger partial charge < -0.3 is 5.32 Å². The molecule has 28 heavy (non-hydrogen) atoms. The molecule has 0 atom stereocenters. The van der Waals surface area contributed by atoms with Gasteiger partial charge in [0.2, 0.25) is 0 Å². The molecule has 0 saturated carbocycles. The molecule has 0 amide bonds. The zero-order valence-corrected chi connectivity index (χ0v) is 15.1. The lowest BCUT2D eigenvalue weighted by molar-refractivity contribution is 1.11. The van der Waals surface area contributed by atoms with Gasteiger partial charge in [0.1, 0.15) is 5.82 Å². The Hall–Kier alpha value is -3.86. The Balaban J connectivity index is 1.56. The highest BCUT2D eigenvalue weighted by Gasteiger charge is 2.10. The van der Waals surface area contributed by atoms with Crippen molar-refractivity contribution in [2.45, 2.75) is 6.54 Å². The number of anilines is 1. The van der Waals surface area contributed by atoms with E-state index in [0.717, 1.165) is 38.8 Å². The smallest absolute Gasteiger partial charge is 0.163 e. The van der Waals surface area contributed by atoms with Gasteiger partial charge in [-0.2, -0.15) is 0 Å². The number of hydrogen-bond donors (Lipinski definition) is 1. The highest BCUT2D eigenvalue weighted by atomic mass is 15.0. The summed E-state index contributed by atoms with van der Waals surface area (Å²) in [5.41, 5.74) is 3.92. The van der Waals surface area contributed by atoms with Crippen LogP contribution in [0.2, 0.25) is 0 Å². The quantitative estimate of drug-likeness (QED) is 0.494. The largest absolute Gasteiger partial charge is 0.365 e. The lowest BCUT2D eigenvalue weighted by atomic mass is 10.1. The third-order valence-electron chi connectivity index (χ3n) is 4.69. The predicted molar refractivity (Wildman–Crippen MR) is 112 cm³/mol. The number of nitrogens with zero attached hydrogens (tertiary/aromatic N) is 4. The van der Waals surface area contributed by atoms with Crippen LogP contribution < -0.4 is 5.32 Å². The van der Waals surface area contributed by atoms with E-state index in [4.69, 9.17) is 9.97 Å². The van der Waals surface area contributed by atoms with Crippen LogP contribution in [-0.2, 0) is 6.54 Å². The molecular formula is C23H17N5. The molecule has 3 aromatic heterocycles. The molecule has 0 bridgehead atoms. The molecule has 0 aliphatic heterocycles. The summed E-state index contributed by atoms with van der Waals surface area (Å²) < 4.78 is 0. The fraction of sp³-hybridized carbons (Fsp3) is 0.0435. The summed E-state index contributed by atoms with van der Waals surface area (Å²) in [4.78, 5) is 18.2. The van der Waals surface area contributed by atoms with Gasteiger partial charge in [0.05, 0.1) is 11.0 Å². The number of rotatable bonds is 4. The first-order chi connectivity index (χ1) is 13.9. The Morgan fingerprint density at radius 2 is 1.68 bits per heavy atom. The highest BCUT2D eigenvalue weighted by molar-refractivity contribution is 5.90. The van der Waals surface area contributed by atoms with Gasteiger partial charge >= 0.3 is 0 Å². The molecule has 2 aromatic carbocycles. The average molecular weight is 363 g/mol. The third kappa shape index (κ3) is 3.03. The lowest BCUT2D eigenvalue weighted by Crippen LogP contribution is -2.05. The zero-order valence-electron chi connectivity index (χ0n) is 15.1. The van der Waals surface area contributed by atoms with Gasteiger partial charge in [-0.05, 0) is 35.9 Å². The summed E-state index contributed by atoms with van der Waals surface area (Å²) in [5.74, 6) is 1.46. The number of hydrogen-bond acceptors (Lipinski definition) is 5. The van der Waals surface area contributed by atoms with Gasteiger partial charge in [-0.3, -0.25) is 9.97 Å². The van der Waals surface area contributed by atoms with Crippen LogP contribution in [0.5, 0.6) is 0 Å². The number of pyridine rings is 2. The second-order valence-corrected chi connectivity index (χ2v) is 6.50. The number of nitrogens with one attached hydrogen (secondary N) is 1. The minimum Gasteiger partial charge on any atom is -0.365 e. The van der Waals surface area contributed by atoms with Crippen molar-refractivity contribution in [3.05, 3.63) is 90.9 Å². The fourth-order valence-electron chi connectivity index (χ4n) is 3.32. The van der Waals surface area contributed by atoms with Crippen molar-refractivity contribution >= 4 is 27.6 Å². The van der Waals surface area contributed by atoms with E-state index in [1.54, 1.807) is 12.4 Å². The summed E-state index contributed by atoms with van der Waals surface area (Å²) in [5, 5.41) is 5.61. The molecule has 3 heterocycles. The fourth-order valence-corrected chi connectivity index (χ4v) is 3.32. The van der Waals surface area contributed by atoms with E-state index < -0.39 is 0 Å². The molecule has 0 spiro atoms. The van der Waals surface area contributed by atoms with Crippen molar-refractivity contribution in [3.63, 3.8) is 0 Å². The molecule has 0 saturated heterocycles. The normalized spacial score (nSPS) is 11.0. The summed E-state index contributed by atoms with van der Waals surface area (Å²) in [6.45, 7) is 0.627. The Morgan fingerprint density at radius 1 is 0.786 bits per heavy atom. The predicted octanol–water partition coefficient (Wildman–Crippen LogP) is 4.85. The minimum atomic E-state index is 0.627. The molecule has 0 unspecified atom stereocenters. The molecule has 0 radical (unpaired) electrons. The van der Waals surface area contributed by atoms with Crippen molar-refractivity contribution in [2.24, 2.45) is 0 Å². The molecule has 134 valence electrons. The molecule has 5 aromatic rings. The van der Waals surface area contributed by atoms with Crippen LogP contribution in [0.15, 0.2) is 85.3 Å². The van der Waals surface area contributed by atoms with E-state index in [-0.39, 0.29) is 0 Å². The summed E-state index contributed by atoms with van der Waals surface area (Å²) >= 11 is 0. The molecule has 0 aliphatic rings. The first kappa shape index (κ1) is 16.3. The second-order valence-electron chi connectivity index (χ2n) is 6.50. The molecule has 5 heteroatoms. The summed E-state index contributed by atoms with van der Waals surface area (Å²) in [6.07, 6.45) is 5.35. The first-order valence-corrected chi connectivity index (χ1v) is 9.12. The highest BCUT2D eigenvalue weighted by Crippen LogP contribution is 2.25. The second kappa shape index (κ2) is 7.04. The van der Waals surface area contributed by atoms with Crippen molar-refractivity contribution in [2.75, 3.05) is 5.32 Å². The summed E-state index contributed by atoms with van der Waals surface area (Å²) in [6, 6.07) is 22.1. The Morgan fingerprint density at radius 3 is 2.61 bits per heavy atom. The van der Waals surface area contributed by atoms with E-state index in [9.17, 15) is 0 Å². The Bertz CT molecular complexity index is 1260. The first-order valence-electron chi connectivity index (χ1n) is 9.12. The molecular weight excluding hydrogens is 346 g/mol. The van der Waals surface area contributed by atoms with Crippen LogP contribution in [0.3, 0.4) is 0 Å². The van der Waals surface area contributed by atoms with E-state index in [2.05, 4.69) is 39.6 Å². The van der Waals surface area contributed by atoms with Crippen LogP contribution in [0.1, 0.15) is 5.56 Å². The van der Waals surface area contributed by atoms with Crippen LogP contribution in [0.25, 0.3) is 33.2 Å². The maximum Gasteiger partial charge on any atom is 0.163 e. The lowest BCUT2D eigenvalue weighted by Gasteiger charge is -2.12.